The maximum atomic E-state index is 13.9. The van der Waals surface area contributed by atoms with Crippen LogP contribution in [0.3, 0.4) is 0 Å². The molecule has 0 spiro atoms. The molecule has 0 atom stereocenters. The summed E-state index contributed by atoms with van der Waals surface area (Å²) in [7, 11) is 0. The quantitative estimate of drug-likeness (QED) is 0.716. The van der Waals surface area contributed by atoms with Crippen LogP contribution in [0, 0.1) is 11.6 Å². The van der Waals surface area contributed by atoms with Crippen LogP contribution in [0.25, 0.3) is 10.6 Å². The molecule has 0 radical (unpaired) electrons. The highest BCUT2D eigenvalue weighted by Gasteiger charge is 2.44. The summed E-state index contributed by atoms with van der Waals surface area (Å²) >= 11 is 1.16. The third-order valence-corrected chi connectivity index (χ3v) is 5.76. The number of nitrogens with zero attached hydrogens (tertiary/aromatic N) is 1. The smallest absolute Gasteiger partial charge is 0.263 e. The molecule has 1 aromatic heterocycles. The van der Waals surface area contributed by atoms with Gasteiger partial charge in [0, 0.05) is 17.5 Å². The number of benzene rings is 2. The number of thiazole rings is 1. The lowest BCUT2D eigenvalue weighted by Gasteiger charge is -2.16. The first-order valence-electron chi connectivity index (χ1n) is 8.32. The summed E-state index contributed by atoms with van der Waals surface area (Å²) in [5, 5.41) is 3.42. The minimum absolute atomic E-state index is 0.109. The largest absolute Gasteiger partial charge is 0.350 e. The molecule has 0 saturated heterocycles. The highest BCUT2D eigenvalue weighted by Crippen LogP contribution is 2.47. The molecule has 0 bridgehead atoms. The number of nitrogens with one attached hydrogen (secondary N) is 1. The van der Waals surface area contributed by atoms with Gasteiger partial charge in [-0.15, -0.1) is 11.3 Å². The summed E-state index contributed by atoms with van der Waals surface area (Å²) in [4.78, 5) is 17.1. The van der Waals surface area contributed by atoms with Crippen LogP contribution in [0.1, 0.15) is 28.1 Å². The third-order valence-electron chi connectivity index (χ3n) is 4.73. The Kier molecular flexibility index (Phi) is 4.28. The van der Waals surface area contributed by atoms with Gasteiger partial charge in [-0.25, -0.2) is 13.8 Å². The first kappa shape index (κ1) is 16.8. The van der Waals surface area contributed by atoms with Crippen molar-refractivity contribution in [2.45, 2.75) is 18.3 Å². The molecule has 132 valence electrons. The second-order valence-corrected chi connectivity index (χ2v) is 7.51. The molecule has 1 heterocycles. The summed E-state index contributed by atoms with van der Waals surface area (Å²) in [6.07, 6.45) is 3.39. The van der Waals surface area contributed by atoms with Gasteiger partial charge in [-0.05, 0) is 42.7 Å². The molecule has 26 heavy (non-hydrogen) atoms. The molecular weight excluding hydrogens is 354 g/mol. The van der Waals surface area contributed by atoms with Gasteiger partial charge in [0.05, 0.1) is 6.20 Å². The zero-order valence-electron chi connectivity index (χ0n) is 13.8. The molecule has 2 aromatic carbocycles. The second-order valence-electron chi connectivity index (χ2n) is 6.48. The first-order valence-corrected chi connectivity index (χ1v) is 9.14. The summed E-state index contributed by atoms with van der Waals surface area (Å²) in [6, 6.07) is 12.8. The van der Waals surface area contributed by atoms with Crippen LogP contribution in [0.15, 0.2) is 54.7 Å². The fourth-order valence-electron chi connectivity index (χ4n) is 3.00. The Morgan fingerprint density at radius 3 is 2.54 bits per heavy atom. The van der Waals surface area contributed by atoms with Gasteiger partial charge in [-0.3, -0.25) is 4.79 Å². The number of carbonyl (C=O) groups excluding carboxylic acids is 1. The topological polar surface area (TPSA) is 42.0 Å². The molecule has 1 fully saturated rings. The van der Waals surface area contributed by atoms with Gasteiger partial charge >= 0.3 is 0 Å². The summed E-state index contributed by atoms with van der Waals surface area (Å²) in [6.45, 7) is 0.490. The summed E-state index contributed by atoms with van der Waals surface area (Å²) in [5.41, 5.74) is 1.32. The monoisotopic (exact) mass is 370 g/mol. The number of carbonyl (C=O) groups is 1. The zero-order chi connectivity index (χ0) is 18.1. The molecule has 1 aliphatic rings. The molecule has 6 heteroatoms. The lowest BCUT2D eigenvalue weighted by Crippen LogP contribution is -2.31. The number of hydrogen-bond donors (Lipinski definition) is 1. The lowest BCUT2D eigenvalue weighted by atomic mass is 9.96. The van der Waals surface area contributed by atoms with E-state index >= 15 is 0 Å². The molecule has 1 aliphatic carbocycles. The van der Waals surface area contributed by atoms with Crippen molar-refractivity contribution in [1.29, 1.82) is 0 Å². The molecule has 1 saturated carbocycles. The van der Waals surface area contributed by atoms with Crippen molar-refractivity contribution < 1.29 is 13.6 Å². The Bertz CT molecular complexity index is 948. The van der Waals surface area contributed by atoms with Gasteiger partial charge in [-0.1, -0.05) is 24.3 Å². The molecular formula is C20H16F2N2OS. The molecule has 0 unspecified atom stereocenters. The molecule has 1 N–H and O–H groups in total. The fourth-order valence-corrected chi connectivity index (χ4v) is 3.86. The van der Waals surface area contributed by atoms with Crippen molar-refractivity contribution in [3.63, 3.8) is 0 Å². The average Bonchev–Trinajstić information content (AvgIpc) is 3.28. The van der Waals surface area contributed by atoms with Crippen molar-refractivity contribution in [1.82, 2.24) is 10.3 Å². The van der Waals surface area contributed by atoms with E-state index in [-0.39, 0.29) is 23.0 Å². The van der Waals surface area contributed by atoms with E-state index in [1.807, 2.05) is 0 Å². The number of rotatable bonds is 5. The minimum Gasteiger partial charge on any atom is -0.350 e. The number of amides is 1. The van der Waals surface area contributed by atoms with E-state index < -0.39 is 0 Å². The number of aromatic nitrogens is 1. The van der Waals surface area contributed by atoms with Crippen LogP contribution >= 0.6 is 11.3 Å². The van der Waals surface area contributed by atoms with E-state index in [4.69, 9.17) is 0 Å². The summed E-state index contributed by atoms with van der Waals surface area (Å²) in [5.74, 6) is -0.848. The predicted octanol–water partition coefficient (Wildman–Crippen LogP) is 4.55. The van der Waals surface area contributed by atoms with E-state index in [9.17, 15) is 13.6 Å². The van der Waals surface area contributed by atoms with E-state index in [1.54, 1.807) is 30.3 Å². The highest BCUT2D eigenvalue weighted by molar-refractivity contribution is 7.16. The van der Waals surface area contributed by atoms with E-state index in [2.05, 4.69) is 10.3 Å². The van der Waals surface area contributed by atoms with Crippen LogP contribution in [0.2, 0.25) is 0 Å². The van der Waals surface area contributed by atoms with Crippen LogP contribution in [-0.4, -0.2) is 17.4 Å². The van der Waals surface area contributed by atoms with Crippen molar-refractivity contribution in [2.75, 3.05) is 6.54 Å². The van der Waals surface area contributed by atoms with Crippen molar-refractivity contribution in [3.8, 4) is 10.6 Å². The number of hydrogen-bond acceptors (Lipinski definition) is 3. The summed E-state index contributed by atoms with van der Waals surface area (Å²) < 4.78 is 27.0. The van der Waals surface area contributed by atoms with Gasteiger partial charge in [-0.2, -0.15) is 0 Å². The van der Waals surface area contributed by atoms with Crippen molar-refractivity contribution in [3.05, 3.63) is 76.8 Å². The normalized spacial score (nSPS) is 14.8. The highest BCUT2D eigenvalue weighted by atomic mass is 32.1. The van der Waals surface area contributed by atoms with Gasteiger partial charge in [0.25, 0.3) is 5.91 Å². The van der Waals surface area contributed by atoms with Gasteiger partial charge in [0.2, 0.25) is 0 Å². The van der Waals surface area contributed by atoms with Crippen molar-refractivity contribution in [2.24, 2.45) is 0 Å². The predicted molar refractivity (Wildman–Crippen MR) is 97.2 cm³/mol. The SMILES string of the molecule is O=C(NCC1(c2ccc(F)cc2)CC1)c1cnc(-c2ccccc2F)s1. The van der Waals surface area contributed by atoms with E-state index in [0.29, 0.717) is 22.0 Å². The van der Waals surface area contributed by atoms with Gasteiger partial charge in [0.1, 0.15) is 21.5 Å². The minimum atomic E-state index is -0.359. The second kappa shape index (κ2) is 6.61. The maximum Gasteiger partial charge on any atom is 0.263 e. The number of halogens is 2. The Labute approximate surface area is 153 Å². The molecule has 1 amide bonds. The fraction of sp³-hybridized carbons (Fsp3) is 0.200. The van der Waals surface area contributed by atoms with E-state index in [0.717, 1.165) is 29.7 Å². The van der Waals surface area contributed by atoms with Gasteiger partial charge < -0.3 is 5.32 Å². The van der Waals surface area contributed by atoms with Crippen LogP contribution in [-0.2, 0) is 5.41 Å². The maximum absolute atomic E-state index is 13.9. The Hall–Kier alpha value is -2.60. The zero-order valence-corrected chi connectivity index (χ0v) is 14.7. The van der Waals surface area contributed by atoms with Gasteiger partial charge in [0.15, 0.2) is 0 Å². The molecule has 3 aromatic rings. The van der Waals surface area contributed by atoms with Crippen LogP contribution < -0.4 is 5.32 Å². The van der Waals surface area contributed by atoms with E-state index in [1.165, 1.54) is 24.4 Å². The third kappa shape index (κ3) is 3.24. The molecule has 3 nitrogen and oxygen atoms in total. The molecule has 4 rings (SSSR count). The van der Waals surface area contributed by atoms with Crippen LogP contribution in [0.5, 0.6) is 0 Å². The Morgan fingerprint density at radius 2 is 1.85 bits per heavy atom. The standard InChI is InChI=1S/C20H16F2N2OS/c21-14-7-5-13(6-8-14)20(9-10-20)12-24-18(25)17-11-23-19(26-17)15-3-1-2-4-16(15)22/h1-8,11H,9-10,12H2,(H,24,25). The lowest BCUT2D eigenvalue weighted by molar-refractivity contribution is 0.0953. The van der Waals surface area contributed by atoms with Crippen LogP contribution in [0.4, 0.5) is 8.78 Å². The molecule has 0 aliphatic heterocycles. The first-order chi connectivity index (χ1) is 12.6. The Balaban J connectivity index is 1.45. The Morgan fingerprint density at radius 1 is 1.12 bits per heavy atom. The van der Waals surface area contributed by atoms with Crippen molar-refractivity contribution >= 4 is 17.2 Å². The average molecular weight is 370 g/mol.